The summed E-state index contributed by atoms with van der Waals surface area (Å²) < 4.78 is 0. The summed E-state index contributed by atoms with van der Waals surface area (Å²) in [5.74, 6) is -0.0268. The van der Waals surface area contributed by atoms with E-state index in [1.807, 2.05) is 39.8 Å². The molecule has 0 fully saturated rings. The Balaban J connectivity index is 2.05. The first-order chi connectivity index (χ1) is 11.3. The van der Waals surface area contributed by atoms with Crippen LogP contribution < -0.4 is 5.32 Å². The van der Waals surface area contributed by atoms with Crippen LogP contribution in [0.5, 0.6) is 0 Å². The fourth-order valence-electron chi connectivity index (χ4n) is 2.02. The van der Waals surface area contributed by atoms with Crippen LogP contribution in [-0.2, 0) is 11.3 Å². The van der Waals surface area contributed by atoms with Gasteiger partial charge in [0, 0.05) is 23.2 Å². The number of thioether (sulfide) groups is 1. The van der Waals surface area contributed by atoms with Gasteiger partial charge in [0.15, 0.2) is 10.9 Å². The molecule has 0 aliphatic heterocycles. The Bertz CT molecular complexity index is 748. The fraction of sp³-hybridized carbons (Fsp3) is 0.412. The molecule has 128 valence electrons. The van der Waals surface area contributed by atoms with E-state index in [-0.39, 0.29) is 16.9 Å². The zero-order valence-corrected chi connectivity index (χ0v) is 16.1. The first-order valence-corrected chi connectivity index (χ1v) is 9.33. The smallest absolute Gasteiger partial charge is 0.217 e. The van der Waals surface area contributed by atoms with Crippen LogP contribution in [0.4, 0.5) is 0 Å². The average Bonchev–Trinajstić information content (AvgIpc) is 2.98. The molecule has 0 saturated heterocycles. The Morgan fingerprint density at radius 3 is 2.42 bits per heavy atom. The van der Waals surface area contributed by atoms with Crippen molar-refractivity contribution in [3.63, 3.8) is 0 Å². The molecule has 0 spiro atoms. The molecule has 0 saturated carbocycles. The molecular weight excluding hydrogens is 342 g/mol. The van der Waals surface area contributed by atoms with E-state index in [9.17, 15) is 9.59 Å². The van der Waals surface area contributed by atoms with E-state index in [1.54, 1.807) is 0 Å². The quantitative estimate of drug-likeness (QED) is 0.483. The zero-order chi connectivity index (χ0) is 17.9. The minimum absolute atomic E-state index is 0.0542. The van der Waals surface area contributed by atoms with E-state index in [4.69, 9.17) is 0 Å². The molecule has 2 aromatic heterocycles. The van der Waals surface area contributed by atoms with Crippen molar-refractivity contribution in [2.45, 2.75) is 51.6 Å². The molecule has 2 aromatic rings. The average molecular weight is 364 g/mol. The molecule has 1 unspecified atom stereocenters. The minimum atomic E-state index is -0.265. The van der Waals surface area contributed by atoms with Crippen LogP contribution in [0.25, 0.3) is 0 Å². The number of amides is 1. The van der Waals surface area contributed by atoms with Crippen molar-refractivity contribution in [1.82, 2.24) is 15.3 Å². The lowest BCUT2D eigenvalue weighted by molar-refractivity contribution is -0.119. The van der Waals surface area contributed by atoms with E-state index in [1.165, 1.54) is 30.0 Å². The van der Waals surface area contributed by atoms with Gasteiger partial charge < -0.3 is 5.32 Å². The van der Waals surface area contributed by atoms with Gasteiger partial charge >= 0.3 is 0 Å². The molecule has 0 radical (unpaired) electrons. The van der Waals surface area contributed by atoms with Crippen LogP contribution in [0, 0.1) is 20.8 Å². The third kappa shape index (κ3) is 4.64. The Labute approximate surface area is 150 Å². The molecule has 2 rings (SSSR count). The Morgan fingerprint density at radius 2 is 1.83 bits per heavy atom. The van der Waals surface area contributed by atoms with Gasteiger partial charge in [0.05, 0.1) is 16.7 Å². The highest BCUT2D eigenvalue weighted by Crippen LogP contribution is 2.27. The van der Waals surface area contributed by atoms with Crippen LogP contribution in [0.1, 0.15) is 45.3 Å². The van der Waals surface area contributed by atoms with E-state index >= 15 is 0 Å². The van der Waals surface area contributed by atoms with Gasteiger partial charge in [0.25, 0.3) is 0 Å². The number of ketones is 1. The maximum Gasteiger partial charge on any atom is 0.217 e. The second kappa shape index (κ2) is 7.90. The Kier molecular flexibility index (Phi) is 6.12. The van der Waals surface area contributed by atoms with Crippen molar-refractivity contribution in [3.05, 3.63) is 38.8 Å². The van der Waals surface area contributed by atoms with Crippen LogP contribution in [0.15, 0.2) is 17.3 Å². The first kappa shape index (κ1) is 18.6. The van der Waals surface area contributed by atoms with Gasteiger partial charge in [-0.05, 0) is 45.4 Å². The molecule has 1 atom stereocenters. The van der Waals surface area contributed by atoms with Gasteiger partial charge in [-0.3, -0.25) is 9.59 Å². The van der Waals surface area contributed by atoms with Gasteiger partial charge in [0.2, 0.25) is 5.91 Å². The zero-order valence-electron chi connectivity index (χ0n) is 14.5. The number of hydrogen-bond donors (Lipinski definition) is 1. The molecule has 0 aromatic carbocycles. The predicted octanol–water partition coefficient (Wildman–Crippen LogP) is 3.46. The number of carbonyl (C=O) groups excluding carboxylic acids is 2. The fourth-order valence-corrected chi connectivity index (χ4v) is 4.00. The van der Waals surface area contributed by atoms with Crippen molar-refractivity contribution >= 4 is 34.8 Å². The molecule has 5 nitrogen and oxygen atoms in total. The summed E-state index contributed by atoms with van der Waals surface area (Å²) in [5, 5.41) is 3.10. The summed E-state index contributed by atoms with van der Waals surface area (Å²) in [7, 11) is 0. The van der Waals surface area contributed by atoms with Gasteiger partial charge in [-0.15, -0.1) is 11.3 Å². The highest BCUT2D eigenvalue weighted by atomic mass is 32.2. The summed E-state index contributed by atoms with van der Waals surface area (Å²) in [6.07, 6.45) is 0. The van der Waals surface area contributed by atoms with Crippen molar-refractivity contribution in [2.24, 2.45) is 0 Å². The molecule has 7 heteroatoms. The first-order valence-electron chi connectivity index (χ1n) is 7.63. The van der Waals surface area contributed by atoms with E-state index in [0.29, 0.717) is 16.6 Å². The van der Waals surface area contributed by atoms with Gasteiger partial charge in [-0.25, -0.2) is 9.97 Å². The predicted molar refractivity (Wildman–Crippen MR) is 97.7 cm³/mol. The SMILES string of the molecule is CC(=O)NCc1ccc(C(=O)C(C)Sc2nc(C)c(C)c(C)n2)s1. The number of aryl methyl sites for hydroxylation is 2. The maximum atomic E-state index is 12.6. The van der Waals surface area contributed by atoms with Crippen LogP contribution in [0.2, 0.25) is 0 Å². The second-order valence-electron chi connectivity index (χ2n) is 5.60. The number of nitrogens with zero attached hydrogens (tertiary/aromatic N) is 2. The highest BCUT2D eigenvalue weighted by Gasteiger charge is 2.20. The van der Waals surface area contributed by atoms with Gasteiger partial charge in [-0.2, -0.15) is 0 Å². The number of thiophene rings is 1. The molecule has 0 aliphatic carbocycles. The third-order valence-corrected chi connectivity index (χ3v) is 5.74. The Morgan fingerprint density at radius 1 is 1.21 bits per heavy atom. The van der Waals surface area contributed by atoms with Gasteiger partial charge in [-0.1, -0.05) is 11.8 Å². The summed E-state index contributed by atoms with van der Waals surface area (Å²) in [5.41, 5.74) is 2.97. The van der Waals surface area contributed by atoms with Gasteiger partial charge in [0.1, 0.15) is 0 Å². The number of hydrogen-bond acceptors (Lipinski definition) is 6. The van der Waals surface area contributed by atoms with Crippen molar-refractivity contribution in [1.29, 1.82) is 0 Å². The number of nitrogens with one attached hydrogen (secondary N) is 1. The summed E-state index contributed by atoms with van der Waals surface area (Å²) >= 11 is 2.79. The molecule has 1 N–H and O–H groups in total. The minimum Gasteiger partial charge on any atom is -0.351 e. The molecule has 0 bridgehead atoms. The van der Waals surface area contributed by atoms with E-state index in [0.717, 1.165) is 21.8 Å². The topological polar surface area (TPSA) is 72.0 Å². The molecular formula is C17H21N3O2S2. The van der Waals surface area contributed by atoms with Crippen molar-refractivity contribution < 1.29 is 9.59 Å². The summed E-state index contributed by atoms with van der Waals surface area (Å²) in [6.45, 7) is 9.70. The number of rotatable bonds is 6. The van der Waals surface area contributed by atoms with E-state index < -0.39 is 0 Å². The van der Waals surface area contributed by atoms with Crippen LogP contribution in [0.3, 0.4) is 0 Å². The monoisotopic (exact) mass is 363 g/mol. The third-order valence-electron chi connectivity index (χ3n) is 3.68. The highest BCUT2D eigenvalue weighted by molar-refractivity contribution is 8.00. The standard InChI is InChI=1S/C17H21N3O2S2/c1-9-10(2)19-17(20-11(9)3)23-12(4)16(22)15-7-6-14(24-15)8-18-13(5)21/h6-7,12H,8H2,1-5H3,(H,18,21). The molecule has 1 amide bonds. The lowest BCUT2D eigenvalue weighted by Crippen LogP contribution is -2.18. The summed E-state index contributed by atoms with van der Waals surface area (Å²) in [4.78, 5) is 34.1. The maximum absolute atomic E-state index is 12.6. The number of carbonyl (C=O) groups is 2. The lowest BCUT2D eigenvalue weighted by atomic mass is 10.2. The van der Waals surface area contributed by atoms with Crippen LogP contribution >= 0.6 is 23.1 Å². The Hall–Kier alpha value is -1.73. The largest absolute Gasteiger partial charge is 0.351 e. The molecule has 24 heavy (non-hydrogen) atoms. The van der Waals surface area contributed by atoms with Crippen molar-refractivity contribution in [2.75, 3.05) is 0 Å². The van der Waals surface area contributed by atoms with E-state index in [2.05, 4.69) is 15.3 Å². The second-order valence-corrected chi connectivity index (χ2v) is 8.08. The number of Topliss-reactive ketones (excluding diaryl/α,β-unsaturated/α-hetero) is 1. The van der Waals surface area contributed by atoms with Crippen molar-refractivity contribution in [3.8, 4) is 0 Å². The molecule has 2 heterocycles. The van der Waals surface area contributed by atoms with Crippen LogP contribution in [-0.4, -0.2) is 26.9 Å². The lowest BCUT2D eigenvalue weighted by Gasteiger charge is -2.10. The number of aromatic nitrogens is 2. The normalized spacial score (nSPS) is 12.0. The molecule has 0 aliphatic rings. The summed E-state index contributed by atoms with van der Waals surface area (Å²) in [6, 6.07) is 3.69.